The predicted molar refractivity (Wildman–Crippen MR) is 67.5 cm³/mol. The van der Waals surface area contributed by atoms with Crippen molar-refractivity contribution >= 4 is 27.4 Å². The molecule has 2 rings (SSSR count). The summed E-state index contributed by atoms with van der Waals surface area (Å²) in [5.41, 5.74) is 1.33. The highest BCUT2D eigenvalue weighted by molar-refractivity contribution is 7.20. The summed E-state index contributed by atoms with van der Waals surface area (Å²) in [6.07, 6.45) is 0. The van der Waals surface area contributed by atoms with Crippen LogP contribution in [0.5, 0.6) is 0 Å². The number of hydrogen-bond donors (Lipinski definition) is 1. The Hall–Kier alpha value is -1.35. The monoisotopic (exact) mass is 234 g/mol. The maximum absolute atomic E-state index is 10.9. The van der Waals surface area contributed by atoms with Crippen LogP contribution in [-0.4, -0.2) is 11.1 Å². The second-order valence-electron chi connectivity index (χ2n) is 4.92. The van der Waals surface area contributed by atoms with Gasteiger partial charge in [-0.05, 0) is 28.5 Å². The van der Waals surface area contributed by atoms with Crippen molar-refractivity contribution in [2.24, 2.45) is 0 Å². The topological polar surface area (TPSA) is 37.3 Å². The van der Waals surface area contributed by atoms with Crippen molar-refractivity contribution in [2.75, 3.05) is 0 Å². The van der Waals surface area contributed by atoms with Crippen LogP contribution in [0.1, 0.15) is 36.0 Å². The average molecular weight is 234 g/mol. The first kappa shape index (κ1) is 11.1. The summed E-state index contributed by atoms with van der Waals surface area (Å²) in [6.45, 7) is 6.46. The maximum atomic E-state index is 10.9. The molecular weight excluding hydrogens is 220 g/mol. The van der Waals surface area contributed by atoms with Crippen LogP contribution in [0.2, 0.25) is 0 Å². The normalized spacial score (nSPS) is 11.9. The summed E-state index contributed by atoms with van der Waals surface area (Å²) < 4.78 is 1.05. The first-order chi connectivity index (χ1) is 7.38. The quantitative estimate of drug-likeness (QED) is 0.812. The molecule has 0 atom stereocenters. The lowest BCUT2D eigenvalue weighted by atomic mass is 9.87. The predicted octanol–water partition coefficient (Wildman–Crippen LogP) is 3.90. The molecule has 84 valence electrons. The van der Waals surface area contributed by atoms with Gasteiger partial charge in [-0.2, -0.15) is 0 Å². The minimum absolute atomic E-state index is 0.0988. The van der Waals surface area contributed by atoms with E-state index in [0.29, 0.717) is 4.88 Å². The molecule has 0 saturated heterocycles. The van der Waals surface area contributed by atoms with Crippen molar-refractivity contribution in [3.05, 3.63) is 34.7 Å². The standard InChI is InChI=1S/C13H14O2S/c1-13(2,3)9-5-4-8-6-11(12(14)15)16-10(8)7-9/h4-7H,1-3H3,(H,14,15). The van der Waals surface area contributed by atoms with E-state index in [9.17, 15) is 4.79 Å². The van der Waals surface area contributed by atoms with Gasteiger partial charge in [0.2, 0.25) is 0 Å². The van der Waals surface area contributed by atoms with Gasteiger partial charge < -0.3 is 5.11 Å². The number of carboxylic acid groups (broad SMARTS) is 1. The van der Waals surface area contributed by atoms with Crippen LogP contribution in [0.4, 0.5) is 0 Å². The van der Waals surface area contributed by atoms with Gasteiger partial charge in [-0.15, -0.1) is 11.3 Å². The highest BCUT2D eigenvalue weighted by Crippen LogP contribution is 2.31. The van der Waals surface area contributed by atoms with Crippen LogP contribution >= 0.6 is 11.3 Å². The third-order valence-corrected chi connectivity index (χ3v) is 3.68. The molecule has 16 heavy (non-hydrogen) atoms. The van der Waals surface area contributed by atoms with Crippen molar-refractivity contribution in [2.45, 2.75) is 26.2 Å². The van der Waals surface area contributed by atoms with Gasteiger partial charge in [0.05, 0.1) is 0 Å². The van der Waals surface area contributed by atoms with Crippen LogP contribution in [0.3, 0.4) is 0 Å². The van der Waals surface area contributed by atoms with Crippen molar-refractivity contribution in [1.82, 2.24) is 0 Å². The van der Waals surface area contributed by atoms with E-state index in [2.05, 4.69) is 32.9 Å². The summed E-state index contributed by atoms with van der Waals surface area (Å²) in [7, 11) is 0. The second kappa shape index (κ2) is 3.59. The molecule has 0 fully saturated rings. The first-order valence-corrected chi connectivity index (χ1v) is 5.97. The SMILES string of the molecule is CC(C)(C)c1ccc2cc(C(=O)O)sc2c1. The summed E-state index contributed by atoms with van der Waals surface area (Å²) >= 11 is 1.34. The third kappa shape index (κ3) is 1.95. The van der Waals surface area contributed by atoms with Gasteiger partial charge in [-0.3, -0.25) is 0 Å². The molecule has 1 heterocycles. The van der Waals surface area contributed by atoms with Gasteiger partial charge in [-0.1, -0.05) is 32.9 Å². The zero-order valence-electron chi connectivity index (χ0n) is 9.57. The minimum Gasteiger partial charge on any atom is -0.477 e. The fourth-order valence-corrected chi connectivity index (χ4v) is 2.54. The van der Waals surface area contributed by atoms with Gasteiger partial charge in [0.1, 0.15) is 4.88 Å². The Labute approximate surface area is 98.5 Å². The second-order valence-corrected chi connectivity index (χ2v) is 6.00. The lowest BCUT2D eigenvalue weighted by molar-refractivity contribution is 0.0702. The molecule has 0 amide bonds. The van der Waals surface area contributed by atoms with Gasteiger partial charge in [0.25, 0.3) is 0 Å². The highest BCUT2D eigenvalue weighted by Gasteiger charge is 2.15. The van der Waals surface area contributed by atoms with Crippen LogP contribution < -0.4 is 0 Å². The average Bonchev–Trinajstić information content (AvgIpc) is 2.58. The zero-order chi connectivity index (χ0) is 11.9. The lowest BCUT2D eigenvalue weighted by Gasteiger charge is -2.18. The number of benzene rings is 1. The van der Waals surface area contributed by atoms with Gasteiger partial charge in [0.15, 0.2) is 0 Å². The number of carboxylic acids is 1. The van der Waals surface area contributed by atoms with E-state index >= 15 is 0 Å². The Balaban J connectivity index is 2.58. The molecule has 3 heteroatoms. The third-order valence-electron chi connectivity index (χ3n) is 2.60. The largest absolute Gasteiger partial charge is 0.477 e. The number of thiophene rings is 1. The minimum atomic E-state index is -0.849. The fourth-order valence-electron chi connectivity index (χ4n) is 1.60. The number of fused-ring (bicyclic) bond motifs is 1. The van der Waals surface area contributed by atoms with Crippen molar-refractivity contribution in [1.29, 1.82) is 0 Å². The Morgan fingerprint density at radius 3 is 2.50 bits per heavy atom. The van der Waals surface area contributed by atoms with Gasteiger partial charge >= 0.3 is 5.97 Å². The van der Waals surface area contributed by atoms with E-state index in [4.69, 9.17) is 5.11 Å². The molecule has 1 N–H and O–H groups in total. The summed E-state index contributed by atoms with van der Waals surface area (Å²) in [6, 6.07) is 7.89. The van der Waals surface area contributed by atoms with Crippen molar-refractivity contribution in [3.63, 3.8) is 0 Å². The molecule has 1 aromatic heterocycles. The summed E-state index contributed by atoms with van der Waals surface area (Å²) in [4.78, 5) is 11.3. The molecule has 0 aliphatic rings. The lowest BCUT2D eigenvalue weighted by Crippen LogP contribution is -2.10. The van der Waals surface area contributed by atoms with E-state index < -0.39 is 5.97 Å². The number of hydrogen-bond acceptors (Lipinski definition) is 2. The number of rotatable bonds is 1. The van der Waals surface area contributed by atoms with Crippen molar-refractivity contribution < 1.29 is 9.90 Å². The summed E-state index contributed by atoms with van der Waals surface area (Å²) in [5, 5.41) is 9.94. The highest BCUT2D eigenvalue weighted by atomic mass is 32.1. The number of aromatic carboxylic acids is 1. The van der Waals surface area contributed by atoms with Crippen LogP contribution in [0, 0.1) is 0 Å². The molecule has 0 spiro atoms. The molecule has 0 aliphatic heterocycles. The van der Waals surface area contributed by atoms with Crippen LogP contribution in [0.15, 0.2) is 24.3 Å². The molecule has 0 saturated carbocycles. The zero-order valence-corrected chi connectivity index (χ0v) is 10.4. The molecular formula is C13H14O2S. The van der Waals surface area contributed by atoms with Crippen molar-refractivity contribution in [3.8, 4) is 0 Å². The van der Waals surface area contributed by atoms with E-state index in [0.717, 1.165) is 10.1 Å². The molecule has 1 aromatic carbocycles. The first-order valence-electron chi connectivity index (χ1n) is 5.15. The molecule has 0 unspecified atom stereocenters. The smallest absolute Gasteiger partial charge is 0.345 e. The van der Waals surface area contributed by atoms with E-state index in [1.165, 1.54) is 16.9 Å². The summed E-state index contributed by atoms with van der Waals surface area (Å²) in [5.74, 6) is -0.849. The van der Waals surface area contributed by atoms with Gasteiger partial charge in [0, 0.05) is 4.70 Å². The Morgan fingerprint density at radius 1 is 1.25 bits per heavy atom. The molecule has 2 nitrogen and oxygen atoms in total. The van der Waals surface area contributed by atoms with E-state index in [-0.39, 0.29) is 5.41 Å². The molecule has 0 aliphatic carbocycles. The molecule has 2 aromatic rings. The molecule has 0 radical (unpaired) electrons. The number of carbonyl (C=O) groups is 1. The Bertz CT molecular complexity index is 547. The fraction of sp³-hybridized carbons (Fsp3) is 0.308. The Kier molecular flexibility index (Phi) is 2.50. The maximum Gasteiger partial charge on any atom is 0.345 e. The van der Waals surface area contributed by atoms with Crippen LogP contribution in [0.25, 0.3) is 10.1 Å². The van der Waals surface area contributed by atoms with Crippen LogP contribution in [-0.2, 0) is 5.41 Å². The van der Waals surface area contributed by atoms with E-state index in [1.54, 1.807) is 6.07 Å². The van der Waals surface area contributed by atoms with E-state index in [1.807, 2.05) is 6.07 Å². The van der Waals surface area contributed by atoms with Gasteiger partial charge in [-0.25, -0.2) is 4.79 Å². The molecule has 0 bridgehead atoms. The Morgan fingerprint density at radius 2 is 1.94 bits per heavy atom.